The van der Waals surface area contributed by atoms with Gasteiger partial charge in [-0.05, 0) is 43.2 Å². The molecule has 0 saturated carbocycles. The fraction of sp³-hybridized carbons (Fsp3) is 0.174. The Morgan fingerprint density at radius 1 is 1.12 bits per heavy atom. The third-order valence-electron chi connectivity index (χ3n) is 5.05. The first-order valence-corrected chi connectivity index (χ1v) is 11.8. The van der Waals surface area contributed by atoms with Crippen LogP contribution in [0, 0.1) is 5.82 Å². The highest BCUT2D eigenvalue weighted by Crippen LogP contribution is 2.26. The number of nitrogens with one attached hydrogen (secondary N) is 1. The van der Waals surface area contributed by atoms with Gasteiger partial charge in [-0.15, -0.1) is 0 Å². The molecular weight excluding hydrogens is 445 g/mol. The molecule has 2 heterocycles. The van der Waals surface area contributed by atoms with E-state index in [1.807, 2.05) is 13.8 Å². The van der Waals surface area contributed by atoms with Gasteiger partial charge in [-0.1, -0.05) is 36.4 Å². The number of nitrogens with two attached hydrogens (primary N) is 1. The Bertz CT molecular complexity index is 1500. The number of sulfonamides is 1. The monoisotopic (exact) mass is 467 g/mol. The lowest BCUT2D eigenvalue weighted by Gasteiger charge is -2.16. The summed E-state index contributed by atoms with van der Waals surface area (Å²) in [7, 11) is -3.83. The molecule has 33 heavy (non-hydrogen) atoms. The van der Waals surface area contributed by atoms with Gasteiger partial charge in [0.1, 0.15) is 11.5 Å². The van der Waals surface area contributed by atoms with Gasteiger partial charge < -0.3 is 5.73 Å². The third kappa shape index (κ3) is 4.70. The first-order chi connectivity index (χ1) is 15.6. The quantitative estimate of drug-likeness (QED) is 0.446. The van der Waals surface area contributed by atoms with Gasteiger partial charge in [-0.25, -0.2) is 17.8 Å². The minimum absolute atomic E-state index is 0.0437. The van der Waals surface area contributed by atoms with Crippen LogP contribution in [-0.4, -0.2) is 23.0 Å². The van der Waals surface area contributed by atoms with Crippen molar-refractivity contribution in [1.29, 1.82) is 0 Å². The van der Waals surface area contributed by atoms with E-state index in [2.05, 4.69) is 14.7 Å². The van der Waals surface area contributed by atoms with Crippen LogP contribution in [0.2, 0.25) is 0 Å². The summed E-state index contributed by atoms with van der Waals surface area (Å²) in [6, 6.07) is 13.9. The van der Waals surface area contributed by atoms with Gasteiger partial charge in [-0.3, -0.25) is 14.1 Å². The van der Waals surface area contributed by atoms with Gasteiger partial charge in [-0.2, -0.15) is 4.98 Å². The lowest BCUT2D eigenvalue weighted by molar-refractivity contribution is 0.595. The highest BCUT2D eigenvalue weighted by atomic mass is 32.2. The fourth-order valence-electron chi connectivity index (χ4n) is 3.58. The largest absolute Gasteiger partial charge is 0.368 e. The molecule has 170 valence electrons. The molecule has 3 N–H and O–H groups in total. The number of pyridine rings is 1. The van der Waals surface area contributed by atoms with Crippen molar-refractivity contribution < 1.29 is 12.8 Å². The molecule has 0 aliphatic rings. The van der Waals surface area contributed by atoms with E-state index in [-0.39, 0.29) is 34.6 Å². The number of hydrogen-bond donors (Lipinski definition) is 2. The van der Waals surface area contributed by atoms with E-state index in [0.717, 1.165) is 6.07 Å². The van der Waals surface area contributed by atoms with Crippen LogP contribution in [0.3, 0.4) is 0 Å². The molecule has 4 aromatic rings. The lowest BCUT2D eigenvalue weighted by Crippen LogP contribution is -2.25. The van der Waals surface area contributed by atoms with Crippen molar-refractivity contribution in [3.63, 3.8) is 0 Å². The number of fused-ring (bicyclic) bond motifs is 1. The number of rotatable bonds is 6. The molecular formula is C23H22FN5O3S. The normalized spacial score (nSPS) is 11.8. The number of nitrogen functional groups attached to an aromatic ring is 1. The summed E-state index contributed by atoms with van der Waals surface area (Å²) < 4.78 is 43.6. The minimum Gasteiger partial charge on any atom is -0.368 e. The maximum Gasteiger partial charge on any atom is 0.260 e. The molecule has 2 aromatic carbocycles. The lowest BCUT2D eigenvalue weighted by atomic mass is 10.0. The van der Waals surface area contributed by atoms with Crippen LogP contribution in [-0.2, 0) is 15.8 Å². The predicted octanol–water partition coefficient (Wildman–Crippen LogP) is 3.70. The Hall–Kier alpha value is -3.79. The average molecular weight is 468 g/mol. The van der Waals surface area contributed by atoms with E-state index in [1.165, 1.54) is 22.9 Å². The molecule has 4 rings (SSSR count). The maximum absolute atomic E-state index is 14.9. The highest BCUT2D eigenvalue weighted by molar-refractivity contribution is 7.91. The number of aromatic nitrogens is 3. The van der Waals surface area contributed by atoms with Crippen molar-refractivity contribution in [2.45, 2.75) is 25.6 Å². The molecule has 8 nitrogen and oxygen atoms in total. The molecule has 0 radical (unpaired) electrons. The Morgan fingerprint density at radius 2 is 1.85 bits per heavy atom. The number of benzene rings is 2. The van der Waals surface area contributed by atoms with Gasteiger partial charge in [0, 0.05) is 23.2 Å². The number of nitrogens with zero attached hydrogens (tertiary/aromatic N) is 3. The zero-order valence-corrected chi connectivity index (χ0v) is 18.8. The number of hydrogen-bond acceptors (Lipinski definition) is 6. The standard InChI is InChI=1S/C23H22FN5O3S/c1-14(2)29-21-17(12-26-23(25)27-21)10-18(22(29)30)16-8-9-20(19(24)11-16)28-33(31,32)13-15-6-4-3-5-7-15/h3-12,14,28H,13H2,1-2H3,(H2,25,26,27). The highest BCUT2D eigenvalue weighted by Gasteiger charge is 2.18. The fourth-order valence-corrected chi connectivity index (χ4v) is 4.79. The van der Waals surface area contributed by atoms with Crippen LogP contribution < -0.4 is 16.0 Å². The van der Waals surface area contributed by atoms with E-state index < -0.39 is 15.8 Å². The second kappa shape index (κ2) is 8.62. The summed E-state index contributed by atoms with van der Waals surface area (Å²) in [5, 5.41) is 0.570. The first-order valence-electron chi connectivity index (χ1n) is 10.2. The van der Waals surface area contributed by atoms with Crippen molar-refractivity contribution in [2.75, 3.05) is 10.5 Å². The molecule has 0 atom stereocenters. The van der Waals surface area contributed by atoms with Gasteiger partial charge >= 0.3 is 0 Å². The molecule has 0 amide bonds. The third-order valence-corrected chi connectivity index (χ3v) is 6.30. The van der Waals surface area contributed by atoms with Crippen LogP contribution in [0.15, 0.2) is 65.6 Å². The van der Waals surface area contributed by atoms with E-state index in [0.29, 0.717) is 22.2 Å². The Morgan fingerprint density at radius 3 is 2.52 bits per heavy atom. The van der Waals surface area contributed by atoms with E-state index >= 15 is 0 Å². The summed E-state index contributed by atoms with van der Waals surface area (Å²) in [6.45, 7) is 3.65. The molecule has 2 aromatic heterocycles. The van der Waals surface area contributed by atoms with Crippen LogP contribution in [0.4, 0.5) is 16.0 Å². The van der Waals surface area contributed by atoms with Crippen molar-refractivity contribution in [3.05, 3.63) is 82.5 Å². The second-order valence-corrected chi connectivity index (χ2v) is 9.60. The summed E-state index contributed by atoms with van der Waals surface area (Å²) in [5.74, 6) is -1.04. The van der Waals surface area contributed by atoms with Crippen molar-refractivity contribution in [3.8, 4) is 11.1 Å². The van der Waals surface area contributed by atoms with Crippen LogP contribution in [0.25, 0.3) is 22.2 Å². The Balaban J connectivity index is 1.72. The molecule has 0 aliphatic heterocycles. The summed E-state index contributed by atoms with van der Waals surface area (Å²) in [6.07, 6.45) is 1.50. The zero-order valence-electron chi connectivity index (χ0n) is 18.0. The molecule has 0 fully saturated rings. The van der Waals surface area contributed by atoms with Gasteiger partial charge in [0.25, 0.3) is 5.56 Å². The maximum atomic E-state index is 14.9. The van der Waals surface area contributed by atoms with E-state index in [4.69, 9.17) is 5.73 Å². The Labute approximate surface area is 190 Å². The van der Waals surface area contributed by atoms with Crippen molar-refractivity contribution >= 4 is 32.7 Å². The molecule has 0 spiro atoms. The molecule has 0 bridgehead atoms. The smallest absolute Gasteiger partial charge is 0.260 e. The molecule has 0 aliphatic carbocycles. The topological polar surface area (TPSA) is 120 Å². The average Bonchev–Trinajstić information content (AvgIpc) is 2.74. The van der Waals surface area contributed by atoms with Crippen molar-refractivity contribution in [2.24, 2.45) is 0 Å². The second-order valence-electron chi connectivity index (χ2n) is 7.88. The molecule has 0 saturated heterocycles. The minimum atomic E-state index is -3.83. The number of anilines is 2. The number of halogens is 1. The summed E-state index contributed by atoms with van der Waals surface area (Å²) >= 11 is 0. The molecule has 10 heteroatoms. The van der Waals surface area contributed by atoms with E-state index in [9.17, 15) is 17.6 Å². The van der Waals surface area contributed by atoms with Crippen LogP contribution >= 0.6 is 0 Å². The van der Waals surface area contributed by atoms with Gasteiger partial charge in [0.2, 0.25) is 16.0 Å². The molecule has 0 unspecified atom stereocenters. The predicted molar refractivity (Wildman–Crippen MR) is 127 cm³/mol. The van der Waals surface area contributed by atoms with Crippen molar-refractivity contribution in [1.82, 2.24) is 14.5 Å². The van der Waals surface area contributed by atoms with Crippen LogP contribution in [0.5, 0.6) is 0 Å². The van der Waals surface area contributed by atoms with E-state index in [1.54, 1.807) is 36.4 Å². The van der Waals surface area contributed by atoms with Crippen LogP contribution in [0.1, 0.15) is 25.5 Å². The van der Waals surface area contributed by atoms with Gasteiger partial charge in [0.05, 0.1) is 11.4 Å². The summed E-state index contributed by atoms with van der Waals surface area (Å²) in [4.78, 5) is 21.3. The first kappa shape index (κ1) is 22.4. The zero-order chi connectivity index (χ0) is 23.8. The SMILES string of the molecule is CC(C)n1c(=O)c(-c2ccc(NS(=O)(=O)Cc3ccccc3)c(F)c2)cc2cnc(N)nc21. The Kier molecular flexibility index (Phi) is 5.86. The van der Waals surface area contributed by atoms with Gasteiger partial charge in [0.15, 0.2) is 0 Å². The summed E-state index contributed by atoms with van der Waals surface area (Å²) in [5.41, 5.74) is 6.62.